The summed E-state index contributed by atoms with van der Waals surface area (Å²) in [6, 6.07) is 18.2. The minimum atomic E-state index is -0.412. The van der Waals surface area contributed by atoms with E-state index in [1.807, 2.05) is 49.4 Å². The summed E-state index contributed by atoms with van der Waals surface area (Å²) in [5.41, 5.74) is 5.12. The summed E-state index contributed by atoms with van der Waals surface area (Å²) in [5.74, 6) is -0.473. The van der Waals surface area contributed by atoms with Crippen LogP contribution in [0.25, 0.3) is 0 Å². The van der Waals surface area contributed by atoms with Crippen LogP contribution >= 0.6 is 15.9 Å². The van der Waals surface area contributed by atoms with E-state index in [4.69, 9.17) is 4.74 Å². The maximum atomic E-state index is 13.6. The number of carbonyl (C=O) groups is 2. The van der Waals surface area contributed by atoms with E-state index in [2.05, 4.69) is 33.4 Å². The van der Waals surface area contributed by atoms with Crippen molar-refractivity contribution in [3.05, 3.63) is 92.7 Å². The summed E-state index contributed by atoms with van der Waals surface area (Å²) in [7, 11) is 0. The fraction of sp³-hybridized carbons (Fsp3) is 0.379. The molecule has 5 heteroatoms. The summed E-state index contributed by atoms with van der Waals surface area (Å²) in [4.78, 5) is 27.2. The molecule has 1 aliphatic heterocycles. The molecule has 4 nitrogen and oxygen atoms in total. The van der Waals surface area contributed by atoms with Crippen molar-refractivity contribution in [3.63, 3.8) is 0 Å². The van der Waals surface area contributed by atoms with Gasteiger partial charge in [-0.15, -0.1) is 0 Å². The molecule has 1 saturated carbocycles. The minimum absolute atomic E-state index is 0.0352. The molecule has 2 aliphatic carbocycles. The Morgan fingerprint density at radius 2 is 1.65 bits per heavy atom. The third-order valence-corrected chi connectivity index (χ3v) is 7.88. The van der Waals surface area contributed by atoms with Crippen LogP contribution in [0.4, 0.5) is 0 Å². The molecule has 2 aromatic carbocycles. The zero-order valence-corrected chi connectivity index (χ0v) is 21.1. The lowest BCUT2D eigenvalue weighted by atomic mass is 9.72. The topological polar surface area (TPSA) is 55.4 Å². The number of ketones is 1. The molecule has 1 heterocycles. The number of halogens is 1. The molecule has 34 heavy (non-hydrogen) atoms. The van der Waals surface area contributed by atoms with Gasteiger partial charge in [-0.05, 0) is 68.2 Å². The van der Waals surface area contributed by atoms with Crippen LogP contribution in [0.5, 0.6) is 0 Å². The monoisotopic (exact) mass is 519 g/mol. The van der Waals surface area contributed by atoms with Gasteiger partial charge in [0.05, 0.1) is 5.57 Å². The summed E-state index contributed by atoms with van der Waals surface area (Å²) in [5, 5.41) is 3.46. The number of hydrogen-bond acceptors (Lipinski definition) is 4. The van der Waals surface area contributed by atoms with E-state index < -0.39 is 5.92 Å². The van der Waals surface area contributed by atoms with E-state index >= 15 is 0 Å². The number of Topliss-reactive ketones (excluding diaryl/α,β-unsaturated/α-hetero) is 1. The van der Waals surface area contributed by atoms with Gasteiger partial charge in [-0.3, -0.25) is 4.79 Å². The highest BCUT2D eigenvalue weighted by molar-refractivity contribution is 9.10. The van der Waals surface area contributed by atoms with E-state index in [1.165, 1.54) is 12.0 Å². The average Bonchev–Trinajstić information content (AvgIpc) is 2.84. The predicted octanol–water partition coefficient (Wildman–Crippen LogP) is 6.69. The van der Waals surface area contributed by atoms with Crippen molar-refractivity contribution >= 4 is 27.7 Å². The quantitative estimate of drug-likeness (QED) is 0.457. The van der Waals surface area contributed by atoms with Crippen LogP contribution in [0.2, 0.25) is 0 Å². The number of ether oxygens (including phenoxy) is 1. The SMILES string of the molecule is CC1=C(C(=O)OC2CCCCC2)C(c2ccc(Br)cc2)C2=C(CC(c3ccccc3)CC2=O)N1. The highest BCUT2D eigenvalue weighted by Gasteiger charge is 2.41. The van der Waals surface area contributed by atoms with Gasteiger partial charge < -0.3 is 10.1 Å². The lowest BCUT2D eigenvalue weighted by Crippen LogP contribution is -2.37. The molecular weight excluding hydrogens is 490 g/mol. The maximum Gasteiger partial charge on any atom is 0.337 e. The Balaban J connectivity index is 1.52. The summed E-state index contributed by atoms with van der Waals surface area (Å²) in [6.07, 6.45) is 6.39. The van der Waals surface area contributed by atoms with Crippen LogP contribution in [0, 0.1) is 0 Å². The fourth-order valence-electron chi connectivity index (χ4n) is 5.66. The van der Waals surface area contributed by atoms with Gasteiger partial charge in [0.2, 0.25) is 0 Å². The molecule has 0 spiro atoms. The van der Waals surface area contributed by atoms with Gasteiger partial charge in [-0.2, -0.15) is 0 Å². The number of dihydropyridines is 1. The predicted molar refractivity (Wildman–Crippen MR) is 136 cm³/mol. The second-order valence-electron chi connectivity index (χ2n) is 9.64. The molecule has 2 unspecified atom stereocenters. The highest BCUT2D eigenvalue weighted by Crippen LogP contribution is 2.46. The fourth-order valence-corrected chi connectivity index (χ4v) is 5.92. The standard InChI is InChI=1S/C29H30BrNO3/c1-18-26(29(33)34-23-10-6-3-7-11-23)27(20-12-14-22(30)15-13-20)28-24(31-18)16-21(17-25(28)32)19-8-4-2-5-9-19/h2,4-5,8-9,12-15,21,23,27,31H,3,6-7,10-11,16-17H2,1H3. The molecule has 2 aromatic rings. The molecule has 0 radical (unpaired) electrons. The number of benzene rings is 2. The van der Waals surface area contributed by atoms with E-state index in [9.17, 15) is 9.59 Å². The van der Waals surface area contributed by atoms with E-state index in [0.717, 1.165) is 59.1 Å². The Morgan fingerprint density at radius 1 is 0.941 bits per heavy atom. The van der Waals surface area contributed by atoms with Crippen molar-refractivity contribution in [2.75, 3.05) is 0 Å². The van der Waals surface area contributed by atoms with E-state index in [1.54, 1.807) is 0 Å². The van der Waals surface area contributed by atoms with Gasteiger partial charge in [-0.1, -0.05) is 64.8 Å². The van der Waals surface area contributed by atoms with Crippen molar-refractivity contribution in [2.24, 2.45) is 0 Å². The van der Waals surface area contributed by atoms with Gasteiger partial charge >= 0.3 is 5.97 Å². The Hall–Kier alpha value is -2.66. The molecule has 0 saturated heterocycles. The van der Waals surface area contributed by atoms with Crippen LogP contribution in [-0.4, -0.2) is 17.9 Å². The van der Waals surface area contributed by atoms with Crippen molar-refractivity contribution in [3.8, 4) is 0 Å². The second-order valence-corrected chi connectivity index (χ2v) is 10.6. The number of nitrogens with one attached hydrogen (secondary N) is 1. The molecule has 1 fully saturated rings. The third kappa shape index (κ3) is 4.63. The van der Waals surface area contributed by atoms with E-state index in [0.29, 0.717) is 12.0 Å². The van der Waals surface area contributed by atoms with Crippen molar-refractivity contribution in [1.82, 2.24) is 5.32 Å². The first kappa shape index (κ1) is 23.1. The summed E-state index contributed by atoms with van der Waals surface area (Å²) in [6.45, 7) is 1.93. The number of allylic oxidation sites excluding steroid dienone is 3. The maximum absolute atomic E-state index is 13.6. The van der Waals surface area contributed by atoms with Gasteiger partial charge in [-0.25, -0.2) is 4.79 Å². The van der Waals surface area contributed by atoms with Gasteiger partial charge in [0, 0.05) is 33.8 Å². The molecule has 176 valence electrons. The molecule has 5 rings (SSSR count). The lowest BCUT2D eigenvalue weighted by Gasteiger charge is -2.37. The van der Waals surface area contributed by atoms with Gasteiger partial charge in [0.1, 0.15) is 6.10 Å². The third-order valence-electron chi connectivity index (χ3n) is 7.35. The van der Waals surface area contributed by atoms with Crippen molar-refractivity contribution in [2.45, 2.75) is 69.8 Å². The van der Waals surface area contributed by atoms with Crippen LogP contribution in [0.1, 0.15) is 74.8 Å². The number of hydrogen-bond donors (Lipinski definition) is 1. The lowest BCUT2D eigenvalue weighted by molar-refractivity contribution is -0.146. The first-order valence-electron chi connectivity index (χ1n) is 12.3. The average molecular weight is 520 g/mol. The normalized spacial score (nSPS) is 23.4. The van der Waals surface area contributed by atoms with E-state index in [-0.39, 0.29) is 23.8 Å². The number of rotatable bonds is 4. The smallest absolute Gasteiger partial charge is 0.337 e. The molecule has 0 bridgehead atoms. The summed E-state index contributed by atoms with van der Waals surface area (Å²) < 4.78 is 6.97. The number of esters is 1. The minimum Gasteiger partial charge on any atom is -0.459 e. The van der Waals surface area contributed by atoms with Crippen molar-refractivity contribution < 1.29 is 14.3 Å². The largest absolute Gasteiger partial charge is 0.459 e. The van der Waals surface area contributed by atoms with Crippen LogP contribution in [0.3, 0.4) is 0 Å². The second kappa shape index (κ2) is 9.91. The molecular formula is C29H30BrNO3. The zero-order chi connectivity index (χ0) is 23.7. The Bertz CT molecular complexity index is 1140. The first-order chi connectivity index (χ1) is 16.5. The molecule has 0 aromatic heterocycles. The zero-order valence-electron chi connectivity index (χ0n) is 19.5. The van der Waals surface area contributed by atoms with Crippen LogP contribution < -0.4 is 5.32 Å². The Kier molecular flexibility index (Phi) is 6.73. The molecule has 3 aliphatic rings. The van der Waals surface area contributed by atoms with Crippen LogP contribution in [0.15, 0.2) is 81.6 Å². The number of carbonyl (C=O) groups excluding carboxylic acids is 2. The van der Waals surface area contributed by atoms with Crippen molar-refractivity contribution in [1.29, 1.82) is 0 Å². The molecule has 2 atom stereocenters. The first-order valence-corrected chi connectivity index (χ1v) is 13.1. The highest BCUT2D eigenvalue weighted by atomic mass is 79.9. The summed E-state index contributed by atoms with van der Waals surface area (Å²) >= 11 is 3.51. The molecule has 1 N–H and O–H groups in total. The van der Waals surface area contributed by atoms with Gasteiger partial charge in [0.25, 0.3) is 0 Å². The Morgan fingerprint density at radius 3 is 2.35 bits per heavy atom. The van der Waals surface area contributed by atoms with Gasteiger partial charge in [0.15, 0.2) is 5.78 Å². The van der Waals surface area contributed by atoms with Crippen LogP contribution in [-0.2, 0) is 14.3 Å². The molecule has 0 amide bonds. The Labute approximate surface area is 209 Å².